The van der Waals surface area contributed by atoms with Gasteiger partial charge in [-0.05, 0) is 46.3 Å². The molecule has 1 aliphatic carbocycles. The third kappa shape index (κ3) is 2.52. The van der Waals surface area contributed by atoms with Crippen LogP contribution in [0.3, 0.4) is 0 Å². The Morgan fingerprint density at radius 2 is 1.00 bits per heavy atom. The SMILES string of the molecule is CC1C(c2ccc(-c3ccccc3)cc2)C(C)[C@H](C)C1C. The first-order chi connectivity index (χ1) is 10.1. The first-order valence-corrected chi connectivity index (χ1v) is 8.25. The van der Waals surface area contributed by atoms with Crippen LogP contribution < -0.4 is 0 Å². The van der Waals surface area contributed by atoms with E-state index in [1.807, 2.05) is 0 Å². The van der Waals surface area contributed by atoms with Crippen LogP contribution in [0.15, 0.2) is 54.6 Å². The zero-order chi connectivity index (χ0) is 15.0. The van der Waals surface area contributed by atoms with Crippen molar-refractivity contribution in [3.63, 3.8) is 0 Å². The van der Waals surface area contributed by atoms with Crippen LogP contribution in [0.1, 0.15) is 39.2 Å². The predicted molar refractivity (Wildman–Crippen MR) is 91.3 cm³/mol. The average molecular weight is 278 g/mol. The van der Waals surface area contributed by atoms with E-state index in [4.69, 9.17) is 0 Å². The Kier molecular flexibility index (Phi) is 3.89. The molecule has 1 saturated carbocycles. The molecule has 4 unspecified atom stereocenters. The van der Waals surface area contributed by atoms with Gasteiger partial charge in [0, 0.05) is 0 Å². The fourth-order valence-corrected chi connectivity index (χ4v) is 4.23. The third-order valence-corrected chi connectivity index (χ3v) is 6.02. The highest BCUT2D eigenvalue weighted by Crippen LogP contribution is 2.50. The lowest BCUT2D eigenvalue weighted by molar-refractivity contribution is 0.352. The lowest BCUT2D eigenvalue weighted by Gasteiger charge is -2.22. The second-order valence-electron chi connectivity index (χ2n) is 6.95. The molecule has 0 radical (unpaired) electrons. The summed E-state index contributed by atoms with van der Waals surface area (Å²) in [6.45, 7) is 9.70. The van der Waals surface area contributed by atoms with Gasteiger partial charge in [0.2, 0.25) is 0 Å². The Labute approximate surface area is 129 Å². The van der Waals surface area contributed by atoms with E-state index in [0.29, 0.717) is 5.92 Å². The number of hydrogen-bond donors (Lipinski definition) is 0. The molecule has 110 valence electrons. The summed E-state index contributed by atoms with van der Waals surface area (Å²) in [6, 6.07) is 19.9. The van der Waals surface area contributed by atoms with E-state index in [9.17, 15) is 0 Å². The van der Waals surface area contributed by atoms with Crippen molar-refractivity contribution in [3.05, 3.63) is 60.2 Å². The highest BCUT2D eigenvalue weighted by molar-refractivity contribution is 5.63. The molecule has 0 nitrogen and oxygen atoms in total. The first kappa shape index (κ1) is 14.4. The predicted octanol–water partition coefficient (Wildman–Crippen LogP) is 6.00. The molecule has 0 N–H and O–H groups in total. The minimum absolute atomic E-state index is 0.708. The molecule has 0 bridgehead atoms. The Balaban J connectivity index is 1.88. The lowest BCUT2D eigenvalue weighted by Crippen LogP contribution is -2.10. The smallest absolute Gasteiger partial charge is 0.0105 e. The van der Waals surface area contributed by atoms with Crippen molar-refractivity contribution in [3.8, 4) is 11.1 Å². The van der Waals surface area contributed by atoms with Crippen molar-refractivity contribution in [2.24, 2.45) is 23.7 Å². The second-order valence-corrected chi connectivity index (χ2v) is 6.95. The minimum atomic E-state index is 0.708. The van der Waals surface area contributed by atoms with E-state index in [-0.39, 0.29) is 0 Å². The topological polar surface area (TPSA) is 0 Å². The maximum atomic E-state index is 2.43. The summed E-state index contributed by atoms with van der Waals surface area (Å²) >= 11 is 0. The summed E-state index contributed by atoms with van der Waals surface area (Å²) in [5.41, 5.74) is 4.14. The molecule has 2 aromatic rings. The summed E-state index contributed by atoms with van der Waals surface area (Å²) in [7, 11) is 0. The molecule has 5 atom stereocenters. The van der Waals surface area contributed by atoms with Crippen molar-refractivity contribution in [2.45, 2.75) is 33.6 Å². The van der Waals surface area contributed by atoms with E-state index >= 15 is 0 Å². The van der Waals surface area contributed by atoms with Gasteiger partial charge in [0.15, 0.2) is 0 Å². The molecular formula is C21H26. The number of benzene rings is 2. The minimum Gasteiger partial charge on any atom is -0.0622 e. The first-order valence-electron chi connectivity index (χ1n) is 8.25. The third-order valence-electron chi connectivity index (χ3n) is 6.02. The zero-order valence-electron chi connectivity index (χ0n) is 13.6. The van der Waals surface area contributed by atoms with E-state index in [2.05, 4.69) is 82.3 Å². The molecule has 3 rings (SSSR count). The van der Waals surface area contributed by atoms with Gasteiger partial charge in [0.1, 0.15) is 0 Å². The van der Waals surface area contributed by atoms with Crippen LogP contribution in [-0.4, -0.2) is 0 Å². The lowest BCUT2D eigenvalue weighted by atomic mass is 9.83. The van der Waals surface area contributed by atoms with Crippen molar-refractivity contribution < 1.29 is 0 Å². The summed E-state index contributed by atoms with van der Waals surface area (Å²) in [4.78, 5) is 0. The van der Waals surface area contributed by atoms with Gasteiger partial charge in [-0.3, -0.25) is 0 Å². The molecule has 0 heterocycles. The molecule has 2 aromatic carbocycles. The highest BCUT2D eigenvalue weighted by Gasteiger charge is 2.41. The Morgan fingerprint density at radius 1 is 0.524 bits per heavy atom. The quantitative estimate of drug-likeness (QED) is 0.632. The molecule has 21 heavy (non-hydrogen) atoms. The maximum Gasteiger partial charge on any atom is -0.0105 e. The van der Waals surface area contributed by atoms with Crippen molar-refractivity contribution in [1.29, 1.82) is 0 Å². The molecular weight excluding hydrogens is 252 g/mol. The van der Waals surface area contributed by atoms with Gasteiger partial charge >= 0.3 is 0 Å². The van der Waals surface area contributed by atoms with Crippen molar-refractivity contribution in [1.82, 2.24) is 0 Å². The summed E-state index contributed by atoms with van der Waals surface area (Å²) in [6.07, 6.45) is 0. The summed E-state index contributed by atoms with van der Waals surface area (Å²) < 4.78 is 0. The van der Waals surface area contributed by atoms with E-state index in [1.165, 1.54) is 16.7 Å². The van der Waals surface area contributed by atoms with Crippen LogP contribution in [0.2, 0.25) is 0 Å². The Hall–Kier alpha value is -1.56. The molecule has 0 aromatic heterocycles. The standard InChI is InChI=1S/C21H26/c1-14-15(2)17(4)21(16(14)3)20-12-10-19(11-13-20)18-8-6-5-7-9-18/h5-17,21H,1-4H3/t14-,15?,16?,17?,21?/m1/s1. The monoisotopic (exact) mass is 278 g/mol. The maximum absolute atomic E-state index is 2.43. The van der Waals surface area contributed by atoms with Crippen LogP contribution in [0.25, 0.3) is 11.1 Å². The second kappa shape index (κ2) is 5.67. The fourth-order valence-electron chi connectivity index (χ4n) is 4.23. The van der Waals surface area contributed by atoms with E-state index in [0.717, 1.165) is 23.7 Å². The normalized spacial score (nSPS) is 32.3. The van der Waals surface area contributed by atoms with Crippen LogP contribution in [0.4, 0.5) is 0 Å². The van der Waals surface area contributed by atoms with Gasteiger partial charge in [-0.15, -0.1) is 0 Å². The Morgan fingerprint density at radius 3 is 1.52 bits per heavy atom. The van der Waals surface area contributed by atoms with Crippen LogP contribution in [0, 0.1) is 23.7 Å². The molecule has 0 aliphatic heterocycles. The van der Waals surface area contributed by atoms with Crippen LogP contribution >= 0.6 is 0 Å². The highest BCUT2D eigenvalue weighted by atomic mass is 14.5. The van der Waals surface area contributed by atoms with E-state index in [1.54, 1.807) is 0 Å². The van der Waals surface area contributed by atoms with Crippen molar-refractivity contribution in [2.75, 3.05) is 0 Å². The molecule has 1 fully saturated rings. The van der Waals surface area contributed by atoms with Gasteiger partial charge in [-0.1, -0.05) is 82.3 Å². The molecule has 0 spiro atoms. The van der Waals surface area contributed by atoms with Crippen LogP contribution in [0.5, 0.6) is 0 Å². The molecule has 0 saturated heterocycles. The Bertz CT molecular complexity index is 567. The summed E-state index contributed by atoms with van der Waals surface area (Å²) in [5, 5.41) is 0. The van der Waals surface area contributed by atoms with Gasteiger partial charge in [0.05, 0.1) is 0 Å². The number of hydrogen-bond acceptors (Lipinski definition) is 0. The van der Waals surface area contributed by atoms with Gasteiger partial charge in [-0.25, -0.2) is 0 Å². The molecule has 1 aliphatic rings. The molecule has 0 heteroatoms. The van der Waals surface area contributed by atoms with E-state index < -0.39 is 0 Å². The van der Waals surface area contributed by atoms with Gasteiger partial charge in [-0.2, -0.15) is 0 Å². The summed E-state index contributed by atoms with van der Waals surface area (Å²) in [5.74, 6) is 3.90. The molecule has 0 amide bonds. The average Bonchev–Trinajstić information content (AvgIpc) is 2.72. The van der Waals surface area contributed by atoms with Crippen LogP contribution in [-0.2, 0) is 0 Å². The fraction of sp³-hybridized carbons (Fsp3) is 0.429. The van der Waals surface area contributed by atoms with Gasteiger partial charge in [0.25, 0.3) is 0 Å². The van der Waals surface area contributed by atoms with Crippen molar-refractivity contribution >= 4 is 0 Å². The zero-order valence-corrected chi connectivity index (χ0v) is 13.6. The van der Waals surface area contributed by atoms with Gasteiger partial charge < -0.3 is 0 Å². The number of rotatable bonds is 2. The largest absolute Gasteiger partial charge is 0.0622 e.